The van der Waals surface area contributed by atoms with E-state index in [0.717, 1.165) is 18.6 Å². The lowest BCUT2D eigenvalue weighted by Gasteiger charge is -2.04. The lowest BCUT2D eigenvalue weighted by molar-refractivity contribution is -0.120. The van der Waals surface area contributed by atoms with E-state index in [1.807, 2.05) is 24.3 Å². The fraction of sp³-hybridized carbons (Fsp3) is 0.533. The predicted octanol–water partition coefficient (Wildman–Crippen LogP) is 3.24. The molecule has 2 heteroatoms. The SMILES string of the molecule is COc1ccc(CCC(=O)C2CC2(C)C)cc1. The van der Waals surface area contributed by atoms with Gasteiger partial charge in [-0.2, -0.15) is 0 Å². The molecule has 1 aromatic carbocycles. The number of methoxy groups -OCH3 is 1. The molecule has 0 bridgehead atoms. The number of hydrogen-bond acceptors (Lipinski definition) is 2. The highest BCUT2D eigenvalue weighted by molar-refractivity contribution is 5.84. The van der Waals surface area contributed by atoms with Crippen molar-refractivity contribution >= 4 is 5.78 Å². The molecule has 0 N–H and O–H groups in total. The van der Waals surface area contributed by atoms with E-state index in [0.29, 0.717) is 18.1 Å². The first kappa shape index (κ1) is 12.2. The number of carbonyl (C=O) groups is 1. The first-order chi connectivity index (χ1) is 8.03. The molecule has 0 aromatic heterocycles. The predicted molar refractivity (Wildman–Crippen MR) is 68.2 cm³/mol. The Balaban J connectivity index is 1.83. The van der Waals surface area contributed by atoms with E-state index in [9.17, 15) is 4.79 Å². The van der Waals surface area contributed by atoms with Gasteiger partial charge in [0.1, 0.15) is 11.5 Å². The van der Waals surface area contributed by atoms with E-state index >= 15 is 0 Å². The Morgan fingerprint density at radius 1 is 1.35 bits per heavy atom. The van der Waals surface area contributed by atoms with Crippen LogP contribution in [0.3, 0.4) is 0 Å². The van der Waals surface area contributed by atoms with Gasteiger partial charge in [0.05, 0.1) is 7.11 Å². The van der Waals surface area contributed by atoms with Crippen molar-refractivity contribution in [2.75, 3.05) is 7.11 Å². The van der Waals surface area contributed by atoms with Gasteiger partial charge < -0.3 is 4.74 Å². The topological polar surface area (TPSA) is 26.3 Å². The van der Waals surface area contributed by atoms with Crippen LogP contribution in [0.2, 0.25) is 0 Å². The third-order valence-corrected chi connectivity index (χ3v) is 3.72. The highest BCUT2D eigenvalue weighted by Gasteiger charge is 2.49. The van der Waals surface area contributed by atoms with Gasteiger partial charge >= 0.3 is 0 Å². The Bertz CT molecular complexity index is 403. The molecule has 1 fully saturated rings. The molecule has 0 spiro atoms. The molecule has 1 aliphatic carbocycles. The first-order valence-electron chi connectivity index (χ1n) is 6.18. The van der Waals surface area contributed by atoms with Crippen molar-refractivity contribution in [2.24, 2.45) is 11.3 Å². The lowest BCUT2D eigenvalue weighted by atomic mass is 10.0. The number of ether oxygens (including phenoxy) is 1. The quantitative estimate of drug-likeness (QED) is 0.779. The summed E-state index contributed by atoms with van der Waals surface area (Å²) in [5.41, 5.74) is 1.47. The number of aryl methyl sites for hydroxylation is 1. The molecular weight excluding hydrogens is 212 g/mol. The molecule has 0 heterocycles. The Morgan fingerprint density at radius 2 is 1.94 bits per heavy atom. The Kier molecular flexibility index (Phi) is 3.23. The number of Topliss-reactive ketones (excluding diaryl/α,β-unsaturated/α-hetero) is 1. The van der Waals surface area contributed by atoms with Gasteiger partial charge in [0.15, 0.2) is 0 Å². The van der Waals surface area contributed by atoms with E-state index in [4.69, 9.17) is 4.74 Å². The van der Waals surface area contributed by atoms with E-state index in [1.54, 1.807) is 7.11 Å². The zero-order valence-corrected chi connectivity index (χ0v) is 10.8. The van der Waals surface area contributed by atoms with Gasteiger partial charge in [0.2, 0.25) is 0 Å². The molecule has 1 aliphatic rings. The second-order valence-electron chi connectivity index (χ2n) is 5.56. The van der Waals surface area contributed by atoms with E-state index < -0.39 is 0 Å². The van der Waals surface area contributed by atoms with Gasteiger partial charge in [-0.25, -0.2) is 0 Å². The normalized spacial score (nSPS) is 21.0. The van der Waals surface area contributed by atoms with Crippen molar-refractivity contribution in [2.45, 2.75) is 33.1 Å². The summed E-state index contributed by atoms with van der Waals surface area (Å²) in [5.74, 6) is 1.59. The molecule has 2 rings (SSSR count). The summed E-state index contributed by atoms with van der Waals surface area (Å²) < 4.78 is 5.10. The zero-order chi connectivity index (χ0) is 12.5. The molecule has 0 radical (unpaired) electrons. The van der Waals surface area contributed by atoms with Crippen LogP contribution in [0.4, 0.5) is 0 Å². The van der Waals surface area contributed by atoms with Gasteiger partial charge in [-0.05, 0) is 36.0 Å². The Hall–Kier alpha value is -1.31. The van der Waals surface area contributed by atoms with Crippen molar-refractivity contribution in [3.63, 3.8) is 0 Å². The molecule has 17 heavy (non-hydrogen) atoms. The summed E-state index contributed by atoms with van der Waals surface area (Å²) in [4.78, 5) is 11.9. The van der Waals surface area contributed by atoms with Gasteiger partial charge in [0.25, 0.3) is 0 Å². The van der Waals surface area contributed by atoms with Crippen LogP contribution in [0.1, 0.15) is 32.3 Å². The summed E-state index contributed by atoms with van der Waals surface area (Å²) in [7, 11) is 1.66. The number of rotatable bonds is 5. The summed E-state index contributed by atoms with van der Waals surface area (Å²) >= 11 is 0. The van der Waals surface area contributed by atoms with Crippen molar-refractivity contribution in [3.05, 3.63) is 29.8 Å². The second kappa shape index (κ2) is 4.52. The van der Waals surface area contributed by atoms with Crippen LogP contribution in [0.15, 0.2) is 24.3 Å². The van der Waals surface area contributed by atoms with Gasteiger partial charge in [-0.1, -0.05) is 26.0 Å². The fourth-order valence-corrected chi connectivity index (χ4v) is 2.25. The second-order valence-corrected chi connectivity index (χ2v) is 5.56. The summed E-state index contributed by atoms with van der Waals surface area (Å²) in [5, 5.41) is 0. The average molecular weight is 232 g/mol. The van der Waals surface area contributed by atoms with Crippen LogP contribution in [-0.4, -0.2) is 12.9 Å². The number of ketones is 1. The number of hydrogen-bond donors (Lipinski definition) is 0. The van der Waals surface area contributed by atoms with Crippen LogP contribution in [0.5, 0.6) is 5.75 Å². The molecule has 0 aliphatic heterocycles. The van der Waals surface area contributed by atoms with Gasteiger partial charge in [-0.15, -0.1) is 0 Å². The largest absolute Gasteiger partial charge is 0.497 e. The van der Waals surface area contributed by atoms with Gasteiger partial charge in [0, 0.05) is 12.3 Å². The Labute approximate surface area is 103 Å². The molecule has 0 amide bonds. The number of carbonyl (C=O) groups excluding carboxylic acids is 1. The van der Waals surface area contributed by atoms with E-state index in [2.05, 4.69) is 13.8 Å². The molecule has 2 nitrogen and oxygen atoms in total. The van der Waals surface area contributed by atoms with Crippen LogP contribution in [-0.2, 0) is 11.2 Å². The maximum atomic E-state index is 11.9. The molecule has 92 valence electrons. The monoisotopic (exact) mass is 232 g/mol. The number of benzene rings is 1. The average Bonchev–Trinajstić information content (AvgIpc) is 2.96. The zero-order valence-electron chi connectivity index (χ0n) is 10.8. The third kappa shape index (κ3) is 2.87. The summed E-state index contributed by atoms with van der Waals surface area (Å²) in [6, 6.07) is 7.95. The third-order valence-electron chi connectivity index (χ3n) is 3.72. The van der Waals surface area contributed by atoms with Crippen molar-refractivity contribution in [1.29, 1.82) is 0 Å². The van der Waals surface area contributed by atoms with Crippen molar-refractivity contribution in [3.8, 4) is 5.75 Å². The van der Waals surface area contributed by atoms with Crippen LogP contribution < -0.4 is 4.74 Å². The summed E-state index contributed by atoms with van der Waals surface area (Å²) in [6.07, 6.45) is 2.57. The van der Waals surface area contributed by atoms with Crippen LogP contribution >= 0.6 is 0 Å². The summed E-state index contributed by atoms with van der Waals surface area (Å²) in [6.45, 7) is 4.34. The maximum Gasteiger partial charge on any atom is 0.136 e. The fourth-order valence-electron chi connectivity index (χ4n) is 2.25. The van der Waals surface area contributed by atoms with Crippen molar-refractivity contribution in [1.82, 2.24) is 0 Å². The Morgan fingerprint density at radius 3 is 2.41 bits per heavy atom. The molecule has 1 unspecified atom stereocenters. The van der Waals surface area contributed by atoms with Crippen LogP contribution in [0, 0.1) is 11.3 Å². The first-order valence-corrected chi connectivity index (χ1v) is 6.18. The smallest absolute Gasteiger partial charge is 0.136 e. The maximum absolute atomic E-state index is 11.9. The minimum absolute atomic E-state index is 0.261. The minimum atomic E-state index is 0.261. The highest BCUT2D eigenvalue weighted by Crippen LogP contribution is 2.52. The highest BCUT2D eigenvalue weighted by atomic mass is 16.5. The van der Waals surface area contributed by atoms with E-state index in [1.165, 1.54) is 5.56 Å². The molecule has 1 aromatic rings. The molecule has 1 atom stereocenters. The minimum Gasteiger partial charge on any atom is -0.497 e. The van der Waals surface area contributed by atoms with Gasteiger partial charge in [-0.3, -0.25) is 4.79 Å². The lowest BCUT2D eigenvalue weighted by Crippen LogP contribution is -2.07. The molecule has 1 saturated carbocycles. The van der Waals surface area contributed by atoms with Crippen molar-refractivity contribution < 1.29 is 9.53 Å². The van der Waals surface area contributed by atoms with E-state index in [-0.39, 0.29) is 5.41 Å². The standard InChI is InChI=1S/C15H20O2/c1-15(2)10-13(15)14(16)9-6-11-4-7-12(17-3)8-5-11/h4-5,7-8,13H,6,9-10H2,1-3H3. The molecular formula is C15H20O2. The molecule has 0 saturated heterocycles. The van der Waals surface area contributed by atoms with Crippen LogP contribution in [0.25, 0.3) is 0 Å².